The number of halogens is 3. The molecule has 7 aromatic rings. The van der Waals surface area contributed by atoms with Crippen LogP contribution in [-0.2, 0) is 70.8 Å². The highest BCUT2D eigenvalue weighted by Gasteiger charge is 2.44. The smallest absolute Gasteiger partial charge is 0.411 e. The molecule has 2 aromatic heterocycles. The van der Waals surface area contributed by atoms with Crippen LogP contribution in [0.2, 0.25) is 0 Å². The van der Waals surface area contributed by atoms with Crippen molar-refractivity contribution in [1.82, 2.24) is 34.9 Å². The number of ketones is 1. The summed E-state index contributed by atoms with van der Waals surface area (Å²) in [5.74, 6) is -1.82. The Kier molecular flexibility index (Phi) is 27.5. The average molecular weight is 1470 g/mol. The number of methoxy groups -OCH3 is 1. The van der Waals surface area contributed by atoms with E-state index in [0.717, 1.165) is 67.1 Å². The van der Waals surface area contributed by atoms with Gasteiger partial charge in [-0.1, -0.05) is 121 Å². The number of aliphatic carboxylic acids is 1. The number of carboxylic acids is 1. The predicted molar refractivity (Wildman–Crippen MR) is 391 cm³/mol. The van der Waals surface area contributed by atoms with Crippen molar-refractivity contribution in [3.05, 3.63) is 199 Å². The van der Waals surface area contributed by atoms with Gasteiger partial charge in [0, 0.05) is 31.4 Å². The van der Waals surface area contributed by atoms with Crippen LogP contribution in [0.3, 0.4) is 0 Å². The van der Waals surface area contributed by atoms with Crippen molar-refractivity contribution < 1.29 is 62.4 Å². The molecule has 4 amide bonds. The molecule has 0 saturated heterocycles. The third kappa shape index (κ3) is 20.4. The molecule has 5 atom stereocenters. The monoisotopic (exact) mass is 1470 g/mol. The van der Waals surface area contributed by atoms with Crippen molar-refractivity contribution >= 4 is 111 Å². The minimum atomic E-state index is -1.05. The Morgan fingerprint density at radius 2 is 0.820 bits per heavy atom. The summed E-state index contributed by atoms with van der Waals surface area (Å²) in [5, 5.41) is 24.9. The highest BCUT2D eigenvalue weighted by atomic mass is 35.5. The molecule has 4 N–H and O–H groups in total. The van der Waals surface area contributed by atoms with Gasteiger partial charge in [0.15, 0.2) is 28.1 Å². The number of carbonyl (C=O) groups is 7. The van der Waals surface area contributed by atoms with E-state index in [1.165, 1.54) is 44.3 Å². The van der Waals surface area contributed by atoms with E-state index in [9.17, 15) is 38.7 Å². The first-order valence-electron chi connectivity index (χ1n) is 32.0. The molecule has 0 aliphatic carbocycles. The maximum Gasteiger partial charge on any atom is 0.411 e. The number of amides is 4. The summed E-state index contributed by atoms with van der Waals surface area (Å²) < 4.78 is 26.4. The number of nitrogens with one attached hydrogen (secondary N) is 3. The lowest BCUT2D eigenvalue weighted by molar-refractivity contribution is -0.146. The summed E-state index contributed by atoms with van der Waals surface area (Å²) in [6.45, 7) is 24.1. The number of Topliss-reactive ketones (excluding diaryl/α,β-unsaturated/α-hetero) is 1. The van der Waals surface area contributed by atoms with Crippen molar-refractivity contribution in [3.8, 4) is 0 Å². The van der Waals surface area contributed by atoms with Crippen LogP contribution >= 0.6 is 59.1 Å². The number of alkyl halides is 1. The lowest BCUT2D eigenvalue weighted by atomic mass is 10.0. The molecule has 0 bridgehead atoms. The highest BCUT2D eigenvalue weighted by Crippen LogP contribution is 2.42. The molecule has 0 fully saturated rings. The molecular weight excluding hydrogens is 1380 g/mol. The number of nitrogens with zero attached hydrogens (tertiary/aromatic N) is 6. The van der Waals surface area contributed by atoms with Crippen LogP contribution in [-0.4, -0.2) is 126 Å². The Hall–Kier alpha value is -8.52. The van der Waals surface area contributed by atoms with Crippen LogP contribution in [0.4, 0.5) is 29.4 Å². The molecule has 22 nitrogen and oxygen atoms in total. The highest BCUT2D eigenvalue weighted by molar-refractivity contribution is 7.14. The van der Waals surface area contributed by atoms with Crippen molar-refractivity contribution in [1.29, 1.82) is 0 Å². The van der Waals surface area contributed by atoms with Gasteiger partial charge in [-0.25, -0.2) is 38.7 Å². The Morgan fingerprint density at radius 1 is 0.490 bits per heavy atom. The van der Waals surface area contributed by atoms with E-state index in [0.29, 0.717) is 25.2 Å². The molecule has 27 heteroatoms. The molecule has 538 valence electrons. The Labute approximate surface area is 610 Å². The number of benzene rings is 5. The first-order chi connectivity index (χ1) is 46.2. The first-order valence-corrected chi connectivity index (χ1v) is 34.3. The van der Waals surface area contributed by atoms with Crippen molar-refractivity contribution in [2.45, 2.75) is 168 Å². The third-order valence-electron chi connectivity index (χ3n) is 15.5. The molecule has 5 unspecified atom stereocenters. The van der Waals surface area contributed by atoms with E-state index in [1.807, 2.05) is 113 Å². The summed E-state index contributed by atoms with van der Waals surface area (Å²) in [4.78, 5) is 99.7. The maximum absolute atomic E-state index is 12.7. The maximum atomic E-state index is 12.7. The van der Waals surface area contributed by atoms with Gasteiger partial charge in [0.2, 0.25) is 0 Å². The predicted octanol–water partition coefficient (Wildman–Crippen LogP) is 15.7. The quantitative estimate of drug-likeness (QED) is 0.0626. The van der Waals surface area contributed by atoms with Gasteiger partial charge in [-0.05, 0) is 139 Å². The molecule has 5 aliphatic rings. The second-order valence-electron chi connectivity index (χ2n) is 27.5. The number of anilines is 2. The number of rotatable bonds is 8. The number of thiazole rings is 2. The number of fused-ring (bicyclic) bond motifs is 5. The Balaban J connectivity index is 0.000000197. The SMILES string of the molecule is CC(C)(C)OC(=O)N1Cc2ccccc2C1C(=O)CCl.CC(C)(C)OC(=O)N1Cc2ccccc2C1C(=O)O.CNc1nc(C2NCc3ccccc32)cs1.CNc1nc(C2c3ccccc3CN2C(=O)OC(C)(C)C)cs1.COC(=O)C1c2ccccc2CN1C(=O)OC(C)(C)C.Cl.Cl. The van der Waals surface area contributed by atoms with Crippen LogP contribution in [0.15, 0.2) is 132 Å². The van der Waals surface area contributed by atoms with Gasteiger partial charge >= 0.3 is 36.3 Å². The largest absolute Gasteiger partial charge is 0.479 e. The Morgan fingerprint density at radius 3 is 1.22 bits per heavy atom. The van der Waals surface area contributed by atoms with Crippen molar-refractivity contribution in [2.75, 3.05) is 37.7 Å². The minimum Gasteiger partial charge on any atom is -0.479 e. The van der Waals surface area contributed by atoms with Crippen molar-refractivity contribution in [3.63, 3.8) is 0 Å². The van der Waals surface area contributed by atoms with E-state index in [-0.39, 0.29) is 61.2 Å². The van der Waals surface area contributed by atoms with Gasteiger partial charge in [0.1, 0.15) is 34.5 Å². The van der Waals surface area contributed by atoms with Gasteiger partial charge in [0.25, 0.3) is 0 Å². The first kappa shape index (κ1) is 80.5. The molecule has 12 rings (SSSR count). The number of ether oxygens (including phenoxy) is 5. The zero-order chi connectivity index (χ0) is 71.6. The minimum absolute atomic E-state index is 0. The standard InChI is InChI=1S/C17H21N3O2S.C15H18ClNO3.C15H19NO4.C14H17NO4.C12H13N3S.2ClH/c1-17(2,3)22-16(21)20-9-11-7-5-6-8-12(11)14(20)13-10-23-15(18-4)19-13;1-15(2,3)20-14(19)17-9-10-6-4-5-7-11(10)13(17)12(18)8-16;1-15(2,3)20-14(18)16-9-10-7-5-6-8-11(10)12(16)13(17)19-4;1-14(2,3)19-13(18)15-8-9-6-4-5-7-10(9)11(15)12(16)17;1-13-12-15-10(7-16-12)11-9-5-3-2-4-8(9)6-14-11;;/h5-8,10,14H,9H2,1-4H3,(H,18,19);4-7,13H,8-9H2,1-3H3;5-8,12H,9H2,1-4H3;4-7,11H,8H2,1-3H3,(H,16,17);2-5,7,11,14H,6H2,1H3,(H,13,15);2*1H. The summed E-state index contributed by atoms with van der Waals surface area (Å²) in [7, 11) is 5.06. The van der Waals surface area contributed by atoms with Gasteiger partial charge in [-0.3, -0.25) is 24.4 Å². The van der Waals surface area contributed by atoms with Gasteiger partial charge in [-0.2, -0.15) is 0 Å². The van der Waals surface area contributed by atoms with E-state index in [1.54, 1.807) is 90.7 Å². The van der Waals surface area contributed by atoms with Crippen LogP contribution in [0.25, 0.3) is 0 Å². The van der Waals surface area contributed by atoms with Gasteiger partial charge in [-0.15, -0.1) is 59.1 Å². The Bertz CT molecular complexity index is 3920. The van der Waals surface area contributed by atoms with Crippen molar-refractivity contribution in [2.24, 2.45) is 0 Å². The average Bonchev–Trinajstić information content (AvgIpc) is 1.62. The van der Waals surface area contributed by atoms with Crippen LogP contribution < -0.4 is 16.0 Å². The van der Waals surface area contributed by atoms with Crippen LogP contribution in [0.5, 0.6) is 0 Å². The molecule has 7 heterocycles. The normalized spacial score (nSPS) is 17.4. The lowest BCUT2D eigenvalue weighted by Crippen LogP contribution is -2.38. The zero-order valence-corrected chi connectivity index (χ0v) is 62.9. The summed E-state index contributed by atoms with van der Waals surface area (Å²) in [6, 6.07) is 36.5. The van der Waals surface area contributed by atoms with E-state index in [2.05, 4.69) is 67.7 Å². The number of aromatic nitrogens is 2. The number of carbonyl (C=O) groups excluding carboxylic acids is 6. The van der Waals surface area contributed by atoms with E-state index >= 15 is 0 Å². The fraction of sp³-hybridized carbons (Fsp3) is 0.411. The molecule has 100 heavy (non-hydrogen) atoms. The van der Waals surface area contributed by atoms with Crippen LogP contribution in [0.1, 0.15) is 180 Å². The summed E-state index contributed by atoms with van der Waals surface area (Å²) in [5.41, 5.74) is 9.65. The fourth-order valence-electron chi connectivity index (χ4n) is 11.5. The molecular formula is C73H90Cl3N9O13S2. The molecule has 0 saturated carbocycles. The number of hydrogen-bond donors (Lipinski definition) is 4. The number of esters is 1. The zero-order valence-electron chi connectivity index (χ0n) is 58.9. The molecule has 0 radical (unpaired) electrons. The van der Waals surface area contributed by atoms with E-state index in [4.69, 9.17) is 35.3 Å². The number of hydrogen-bond acceptors (Lipinski definition) is 19. The third-order valence-corrected chi connectivity index (χ3v) is 17.5. The molecule has 5 aliphatic heterocycles. The molecule has 5 aromatic carbocycles. The van der Waals surface area contributed by atoms with Gasteiger partial charge in [0.05, 0.1) is 56.6 Å². The van der Waals surface area contributed by atoms with Gasteiger partial charge < -0.3 is 44.7 Å². The number of carboxylic acid groups (broad SMARTS) is 1. The summed E-state index contributed by atoms with van der Waals surface area (Å²) >= 11 is 8.86. The lowest BCUT2D eigenvalue weighted by Gasteiger charge is -2.28. The van der Waals surface area contributed by atoms with Crippen LogP contribution in [0, 0.1) is 0 Å². The summed E-state index contributed by atoms with van der Waals surface area (Å²) in [6.07, 6.45) is -1.91. The second kappa shape index (κ2) is 34.2. The van der Waals surface area contributed by atoms with E-state index < -0.39 is 70.7 Å². The molecule has 0 spiro atoms. The topological polar surface area (TPSA) is 261 Å². The second-order valence-corrected chi connectivity index (χ2v) is 29.5. The fourth-order valence-corrected chi connectivity index (χ4v) is 13.0.